The van der Waals surface area contributed by atoms with Gasteiger partial charge in [0.1, 0.15) is 12.2 Å². The van der Waals surface area contributed by atoms with Gasteiger partial charge in [0.15, 0.2) is 0 Å². The summed E-state index contributed by atoms with van der Waals surface area (Å²) < 4.78 is 16.7. The number of hydrogen-bond donors (Lipinski definition) is 0. The Kier molecular flexibility index (Phi) is 5.27. The molecule has 1 saturated carbocycles. The molecule has 1 aliphatic heterocycles. The lowest BCUT2D eigenvalue weighted by molar-refractivity contribution is -0.150. The Morgan fingerprint density at radius 3 is 2.63 bits per heavy atom. The Balaban J connectivity index is 1.96. The van der Waals surface area contributed by atoms with Crippen LogP contribution in [0.15, 0.2) is 36.0 Å². The molecule has 6 atom stereocenters. The van der Waals surface area contributed by atoms with Crippen molar-refractivity contribution in [1.82, 2.24) is 0 Å². The molecule has 0 spiro atoms. The minimum absolute atomic E-state index is 0.00675. The fourth-order valence-corrected chi connectivity index (χ4v) is 4.67. The second-order valence-electron chi connectivity index (χ2n) is 7.82. The number of carbonyl (C=O) groups is 3. The molecule has 146 valence electrons. The molecule has 2 fully saturated rings. The first-order valence-electron chi connectivity index (χ1n) is 9.27. The topological polar surface area (TPSA) is 78.9 Å². The maximum atomic E-state index is 12.2. The standard InChI is InChI=1S/C21H26O6/c1-10(2)20(23)26-16-8-14(9-25-13(5)22)15-7-6-11(3)17(15)19-18(16)12(4)21(24)27-19/h6,14-19H,1,4,7-9H2,2-3,5H3/t14-,15?,16-,17?,18-,19+/m1/s1. The predicted octanol–water partition coefficient (Wildman–Crippen LogP) is 2.74. The van der Waals surface area contributed by atoms with Crippen LogP contribution in [0.3, 0.4) is 0 Å². The van der Waals surface area contributed by atoms with Crippen molar-refractivity contribution in [3.63, 3.8) is 0 Å². The van der Waals surface area contributed by atoms with Crippen molar-refractivity contribution in [2.24, 2.45) is 23.7 Å². The van der Waals surface area contributed by atoms with Crippen molar-refractivity contribution in [2.45, 2.75) is 45.8 Å². The molecule has 2 aliphatic carbocycles. The number of ether oxygens (including phenoxy) is 3. The molecular weight excluding hydrogens is 348 g/mol. The molecule has 6 heteroatoms. The molecule has 0 radical (unpaired) electrons. The smallest absolute Gasteiger partial charge is 0.334 e. The third-order valence-electron chi connectivity index (χ3n) is 5.96. The molecule has 3 rings (SSSR count). The molecular formula is C21H26O6. The Hall–Kier alpha value is -2.37. The van der Waals surface area contributed by atoms with E-state index in [4.69, 9.17) is 14.2 Å². The third kappa shape index (κ3) is 3.57. The van der Waals surface area contributed by atoms with Crippen LogP contribution in [0, 0.1) is 23.7 Å². The first-order valence-corrected chi connectivity index (χ1v) is 9.27. The largest absolute Gasteiger partial charge is 0.466 e. The Morgan fingerprint density at radius 1 is 1.30 bits per heavy atom. The summed E-state index contributed by atoms with van der Waals surface area (Å²) in [6, 6.07) is 0. The number of fused-ring (bicyclic) bond motifs is 3. The summed E-state index contributed by atoms with van der Waals surface area (Å²) in [4.78, 5) is 35.8. The zero-order chi connectivity index (χ0) is 19.9. The van der Waals surface area contributed by atoms with E-state index in [2.05, 4.69) is 19.2 Å². The fourth-order valence-electron chi connectivity index (χ4n) is 4.67. The van der Waals surface area contributed by atoms with Gasteiger partial charge in [-0.15, -0.1) is 0 Å². The fraction of sp³-hybridized carbons (Fsp3) is 0.571. The summed E-state index contributed by atoms with van der Waals surface area (Å²) in [6.07, 6.45) is 2.46. The molecule has 6 nitrogen and oxygen atoms in total. The number of allylic oxidation sites excluding steroid dienone is 1. The highest BCUT2D eigenvalue weighted by atomic mass is 16.6. The summed E-state index contributed by atoms with van der Waals surface area (Å²) >= 11 is 0. The van der Waals surface area contributed by atoms with Gasteiger partial charge >= 0.3 is 17.9 Å². The third-order valence-corrected chi connectivity index (χ3v) is 5.96. The second kappa shape index (κ2) is 7.33. The van der Waals surface area contributed by atoms with Crippen molar-refractivity contribution in [1.29, 1.82) is 0 Å². The monoisotopic (exact) mass is 374 g/mol. The number of hydrogen-bond acceptors (Lipinski definition) is 6. The van der Waals surface area contributed by atoms with Crippen LogP contribution in [-0.4, -0.2) is 36.7 Å². The van der Waals surface area contributed by atoms with Gasteiger partial charge in [0, 0.05) is 29.9 Å². The number of rotatable bonds is 4. The lowest BCUT2D eigenvalue weighted by Crippen LogP contribution is -2.36. The Bertz CT molecular complexity index is 733. The maximum absolute atomic E-state index is 12.2. The van der Waals surface area contributed by atoms with Crippen molar-refractivity contribution in [3.05, 3.63) is 36.0 Å². The summed E-state index contributed by atoms with van der Waals surface area (Å²) in [6.45, 7) is 12.8. The zero-order valence-corrected chi connectivity index (χ0v) is 16.0. The number of esters is 3. The molecule has 1 heterocycles. The molecule has 0 N–H and O–H groups in total. The molecule has 2 unspecified atom stereocenters. The summed E-state index contributed by atoms with van der Waals surface area (Å²) in [5.74, 6) is -1.53. The van der Waals surface area contributed by atoms with Gasteiger partial charge in [0.25, 0.3) is 0 Å². The van der Waals surface area contributed by atoms with E-state index in [0.717, 1.165) is 12.0 Å². The van der Waals surface area contributed by atoms with E-state index >= 15 is 0 Å². The summed E-state index contributed by atoms with van der Waals surface area (Å²) in [5.41, 5.74) is 1.78. The highest BCUT2D eigenvalue weighted by molar-refractivity contribution is 5.91. The average Bonchev–Trinajstić information content (AvgIpc) is 3.06. The van der Waals surface area contributed by atoms with Gasteiger partial charge in [-0.25, -0.2) is 9.59 Å². The van der Waals surface area contributed by atoms with Crippen molar-refractivity contribution in [2.75, 3.05) is 6.61 Å². The number of carbonyl (C=O) groups excluding carboxylic acids is 3. The minimum atomic E-state index is -0.572. The maximum Gasteiger partial charge on any atom is 0.334 e. The molecule has 0 amide bonds. The highest BCUT2D eigenvalue weighted by Gasteiger charge is 2.56. The van der Waals surface area contributed by atoms with E-state index in [9.17, 15) is 14.4 Å². The molecule has 0 aromatic heterocycles. The summed E-state index contributed by atoms with van der Waals surface area (Å²) in [5, 5.41) is 0. The van der Waals surface area contributed by atoms with Crippen LogP contribution in [0.1, 0.15) is 33.6 Å². The van der Waals surface area contributed by atoms with Gasteiger partial charge in [-0.1, -0.05) is 24.8 Å². The molecule has 0 bridgehead atoms. The van der Waals surface area contributed by atoms with Gasteiger partial charge < -0.3 is 14.2 Å². The normalized spacial score (nSPS) is 34.7. The van der Waals surface area contributed by atoms with E-state index in [1.807, 2.05) is 6.92 Å². The first-order chi connectivity index (χ1) is 12.7. The second-order valence-corrected chi connectivity index (χ2v) is 7.82. The van der Waals surface area contributed by atoms with E-state index in [-0.39, 0.29) is 30.3 Å². The van der Waals surface area contributed by atoms with Gasteiger partial charge in [0.05, 0.1) is 12.5 Å². The van der Waals surface area contributed by atoms with Crippen molar-refractivity contribution in [3.8, 4) is 0 Å². The van der Waals surface area contributed by atoms with E-state index in [0.29, 0.717) is 17.6 Å². The van der Waals surface area contributed by atoms with E-state index in [1.54, 1.807) is 6.92 Å². The molecule has 27 heavy (non-hydrogen) atoms. The van der Waals surface area contributed by atoms with Crippen LogP contribution in [-0.2, 0) is 28.6 Å². The van der Waals surface area contributed by atoms with Gasteiger partial charge in [-0.3, -0.25) is 4.79 Å². The van der Waals surface area contributed by atoms with Gasteiger partial charge in [-0.2, -0.15) is 0 Å². The van der Waals surface area contributed by atoms with Crippen LogP contribution in [0.2, 0.25) is 0 Å². The SMILES string of the molecule is C=C(C)C(=O)O[C@@H]1C[C@H](COC(C)=O)C2CC=C(C)C2[C@@H]2OC(=O)C(=C)[C@H]12. The van der Waals surface area contributed by atoms with Crippen LogP contribution in [0.25, 0.3) is 0 Å². The van der Waals surface area contributed by atoms with Gasteiger partial charge in [0.2, 0.25) is 0 Å². The molecule has 1 saturated heterocycles. The zero-order valence-electron chi connectivity index (χ0n) is 16.0. The van der Waals surface area contributed by atoms with Gasteiger partial charge in [-0.05, 0) is 32.6 Å². The lowest BCUT2D eigenvalue weighted by atomic mass is 9.78. The van der Waals surface area contributed by atoms with Crippen LogP contribution >= 0.6 is 0 Å². The Labute approximate surface area is 159 Å². The molecule has 0 aromatic carbocycles. The molecule has 3 aliphatic rings. The highest BCUT2D eigenvalue weighted by Crippen LogP contribution is 2.51. The quantitative estimate of drug-likeness (QED) is 0.326. The predicted molar refractivity (Wildman–Crippen MR) is 97.3 cm³/mol. The molecule has 0 aromatic rings. The Morgan fingerprint density at radius 2 is 2.00 bits per heavy atom. The van der Waals surface area contributed by atoms with Crippen molar-refractivity contribution >= 4 is 17.9 Å². The van der Waals surface area contributed by atoms with Crippen LogP contribution < -0.4 is 0 Å². The van der Waals surface area contributed by atoms with E-state index in [1.165, 1.54) is 6.92 Å². The average molecular weight is 374 g/mol. The lowest BCUT2D eigenvalue weighted by Gasteiger charge is -2.30. The van der Waals surface area contributed by atoms with Crippen LogP contribution in [0.5, 0.6) is 0 Å². The first kappa shape index (κ1) is 19.4. The van der Waals surface area contributed by atoms with E-state index < -0.39 is 30.1 Å². The van der Waals surface area contributed by atoms with Crippen molar-refractivity contribution < 1.29 is 28.6 Å². The summed E-state index contributed by atoms with van der Waals surface area (Å²) in [7, 11) is 0. The van der Waals surface area contributed by atoms with Crippen LogP contribution in [0.4, 0.5) is 0 Å². The minimum Gasteiger partial charge on any atom is -0.466 e.